The van der Waals surface area contributed by atoms with Crippen LogP contribution in [0.15, 0.2) is 18.2 Å². The normalized spacial score (nSPS) is 21.2. The van der Waals surface area contributed by atoms with Gasteiger partial charge in [-0.25, -0.2) is 4.68 Å². The molecule has 5 nitrogen and oxygen atoms in total. The van der Waals surface area contributed by atoms with Crippen LogP contribution in [0.1, 0.15) is 39.2 Å². The number of hydrogen-bond acceptors (Lipinski definition) is 4. The SMILES string of the molecule is CC1(C)CCC(n2nnnc2-c2cccc(Cl)c2N)C1. The first-order chi connectivity index (χ1) is 9.48. The first-order valence-corrected chi connectivity index (χ1v) is 7.18. The van der Waals surface area contributed by atoms with Crippen LogP contribution in [-0.2, 0) is 0 Å². The molecule has 20 heavy (non-hydrogen) atoms. The van der Waals surface area contributed by atoms with Gasteiger partial charge in [-0.3, -0.25) is 0 Å². The maximum absolute atomic E-state index is 6.09. The van der Waals surface area contributed by atoms with Crippen molar-refractivity contribution in [3.8, 4) is 11.4 Å². The summed E-state index contributed by atoms with van der Waals surface area (Å²) in [5.41, 5.74) is 7.72. The molecule has 1 heterocycles. The van der Waals surface area contributed by atoms with E-state index in [0.717, 1.165) is 18.4 Å². The molecule has 6 heteroatoms. The van der Waals surface area contributed by atoms with Gasteiger partial charge in [-0.2, -0.15) is 0 Å². The summed E-state index contributed by atoms with van der Waals surface area (Å²) in [5, 5.41) is 12.7. The lowest BCUT2D eigenvalue weighted by Gasteiger charge is -2.18. The van der Waals surface area contributed by atoms with E-state index < -0.39 is 0 Å². The molecule has 106 valence electrons. The van der Waals surface area contributed by atoms with E-state index in [1.54, 1.807) is 6.07 Å². The van der Waals surface area contributed by atoms with Gasteiger partial charge in [0.15, 0.2) is 5.82 Å². The van der Waals surface area contributed by atoms with Crippen molar-refractivity contribution >= 4 is 17.3 Å². The van der Waals surface area contributed by atoms with Crippen LogP contribution in [0.4, 0.5) is 5.69 Å². The topological polar surface area (TPSA) is 69.6 Å². The molecule has 1 fully saturated rings. The zero-order valence-electron chi connectivity index (χ0n) is 11.7. The number of hydrogen-bond donors (Lipinski definition) is 1. The Balaban J connectivity index is 2.01. The summed E-state index contributed by atoms with van der Waals surface area (Å²) < 4.78 is 1.90. The molecule has 0 amide bonds. The molecule has 1 unspecified atom stereocenters. The minimum absolute atomic E-state index is 0.327. The van der Waals surface area contributed by atoms with Crippen LogP contribution in [0.25, 0.3) is 11.4 Å². The second kappa shape index (κ2) is 4.74. The lowest BCUT2D eigenvalue weighted by Crippen LogP contribution is -2.12. The van der Waals surface area contributed by atoms with Crippen molar-refractivity contribution in [1.29, 1.82) is 0 Å². The maximum atomic E-state index is 6.09. The van der Waals surface area contributed by atoms with E-state index in [1.807, 2.05) is 16.8 Å². The molecule has 0 saturated heterocycles. The molecule has 1 atom stereocenters. The van der Waals surface area contributed by atoms with E-state index in [4.69, 9.17) is 17.3 Å². The highest BCUT2D eigenvalue weighted by Gasteiger charge is 2.34. The van der Waals surface area contributed by atoms with Crippen LogP contribution in [0.3, 0.4) is 0 Å². The molecule has 2 N–H and O–H groups in total. The van der Waals surface area contributed by atoms with Crippen molar-refractivity contribution in [2.75, 3.05) is 5.73 Å². The first-order valence-electron chi connectivity index (χ1n) is 6.80. The molecule has 0 spiro atoms. The number of anilines is 1. The van der Waals surface area contributed by atoms with Crippen LogP contribution in [-0.4, -0.2) is 20.2 Å². The Hall–Kier alpha value is -1.62. The second-order valence-corrected chi connectivity index (χ2v) is 6.62. The van der Waals surface area contributed by atoms with Gasteiger partial charge in [-0.05, 0) is 47.2 Å². The van der Waals surface area contributed by atoms with E-state index in [1.165, 1.54) is 6.42 Å². The van der Waals surface area contributed by atoms with Crippen molar-refractivity contribution in [3.63, 3.8) is 0 Å². The molecule has 0 aliphatic heterocycles. The van der Waals surface area contributed by atoms with Gasteiger partial charge in [0.2, 0.25) is 0 Å². The number of para-hydroxylation sites is 1. The van der Waals surface area contributed by atoms with Crippen LogP contribution >= 0.6 is 11.6 Å². The quantitative estimate of drug-likeness (QED) is 0.862. The first kappa shape index (κ1) is 13.4. The summed E-state index contributed by atoms with van der Waals surface area (Å²) in [5.74, 6) is 0.702. The third-order valence-corrected chi connectivity index (χ3v) is 4.40. The van der Waals surface area contributed by atoms with Gasteiger partial charge in [0, 0.05) is 5.56 Å². The van der Waals surface area contributed by atoms with Crippen LogP contribution in [0, 0.1) is 5.41 Å². The summed E-state index contributed by atoms with van der Waals surface area (Å²) in [6.45, 7) is 4.57. The summed E-state index contributed by atoms with van der Waals surface area (Å²) >= 11 is 6.09. The number of tetrazole rings is 1. The van der Waals surface area contributed by atoms with Gasteiger partial charge >= 0.3 is 0 Å². The van der Waals surface area contributed by atoms with Crippen molar-refractivity contribution < 1.29 is 0 Å². The third-order valence-electron chi connectivity index (χ3n) is 4.08. The predicted octanol–water partition coefficient (Wildman–Crippen LogP) is 3.33. The van der Waals surface area contributed by atoms with Gasteiger partial charge in [0.25, 0.3) is 0 Å². The lowest BCUT2D eigenvalue weighted by atomic mass is 9.92. The van der Waals surface area contributed by atoms with Gasteiger partial charge < -0.3 is 5.73 Å². The Kier molecular flexibility index (Phi) is 3.17. The number of benzene rings is 1. The van der Waals surface area contributed by atoms with Crippen molar-refractivity contribution in [3.05, 3.63) is 23.2 Å². The number of nitrogens with zero attached hydrogens (tertiary/aromatic N) is 4. The van der Waals surface area contributed by atoms with Crippen molar-refractivity contribution in [2.24, 2.45) is 5.41 Å². The fraction of sp³-hybridized carbons (Fsp3) is 0.500. The lowest BCUT2D eigenvalue weighted by molar-refractivity contribution is 0.349. The maximum Gasteiger partial charge on any atom is 0.184 e. The minimum atomic E-state index is 0.327. The fourth-order valence-corrected chi connectivity index (χ4v) is 3.13. The largest absolute Gasteiger partial charge is 0.397 e. The standard InChI is InChI=1S/C14H18ClN5/c1-14(2)7-6-9(8-14)20-13(17-18-19-20)10-4-3-5-11(15)12(10)16/h3-5,9H,6-8,16H2,1-2H3. The zero-order chi connectivity index (χ0) is 14.3. The summed E-state index contributed by atoms with van der Waals surface area (Å²) in [6.07, 6.45) is 3.35. The van der Waals surface area contributed by atoms with Crippen LogP contribution in [0.5, 0.6) is 0 Å². The highest BCUT2D eigenvalue weighted by molar-refractivity contribution is 6.33. The Morgan fingerprint density at radius 3 is 2.90 bits per heavy atom. The summed E-state index contributed by atoms with van der Waals surface area (Å²) in [6, 6.07) is 5.87. The number of aromatic nitrogens is 4. The number of nitrogen functional groups attached to an aromatic ring is 1. The molecule has 0 bridgehead atoms. The number of rotatable bonds is 2. The van der Waals surface area contributed by atoms with E-state index in [2.05, 4.69) is 29.4 Å². The van der Waals surface area contributed by atoms with Gasteiger partial charge in [0.05, 0.1) is 16.8 Å². The molecular weight excluding hydrogens is 274 g/mol. The highest BCUT2D eigenvalue weighted by atomic mass is 35.5. The van der Waals surface area contributed by atoms with Crippen LogP contribution in [0.2, 0.25) is 5.02 Å². The molecule has 1 aliphatic carbocycles. The minimum Gasteiger partial charge on any atom is -0.397 e. The average molecular weight is 292 g/mol. The molecular formula is C14H18ClN5. The smallest absolute Gasteiger partial charge is 0.184 e. The monoisotopic (exact) mass is 291 g/mol. The van der Waals surface area contributed by atoms with Crippen LogP contribution < -0.4 is 5.73 Å². The molecule has 1 saturated carbocycles. The molecule has 0 radical (unpaired) electrons. The predicted molar refractivity (Wildman–Crippen MR) is 79.3 cm³/mol. The molecule has 1 aromatic heterocycles. The van der Waals surface area contributed by atoms with Gasteiger partial charge in [-0.1, -0.05) is 31.5 Å². The van der Waals surface area contributed by atoms with Crippen molar-refractivity contribution in [1.82, 2.24) is 20.2 Å². The highest BCUT2D eigenvalue weighted by Crippen LogP contribution is 2.44. The number of halogens is 1. The number of nitrogens with two attached hydrogens (primary N) is 1. The molecule has 2 aromatic rings. The summed E-state index contributed by atoms with van der Waals surface area (Å²) in [7, 11) is 0. The Bertz CT molecular complexity index is 634. The van der Waals surface area contributed by atoms with E-state index in [0.29, 0.717) is 28.0 Å². The summed E-state index contributed by atoms with van der Waals surface area (Å²) in [4.78, 5) is 0. The molecule has 1 aliphatic rings. The molecule has 3 rings (SSSR count). The average Bonchev–Trinajstić information content (AvgIpc) is 2.99. The van der Waals surface area contributed by atoms with E-state index in [-0.39, 0.29) is 0 Å². The van der Waals surface area contributed by atoms with E-state index in [9.17, 15) is 0 Å². The van der Waals surface area contributed by atoms with E-state index >= 15 is 0 Å². The Morgan fingerprint density at radius 1 is 1.40 bits per heavy atom. The Morgan fingerprint density at radius 2 is 2.20 bits per heavy atom. The zero-order valence-corrected chi connectivity index (χ0v) is 12.4. The van der Waals surface area contributed by atoms with Crippen molar-refractivity contribution in [2.45, 2.75) is 39.2 Å². The fourth-order valence-electron chi connectivity index (χ4n) is 2.96. The van der Waals surface area contributed by atoms with Gasteiger partial charge in [-0.15, -0.1) is 5.10 Å². The third kappa shape index (κ3) is 2.26. The molecule has 1 aromatic carbocycles. The second-order valence-electron chi connectivity index (χ2n) is 6.21. The Labute approximate surface area is 123 Å². The van der Waals surface area contributed by atoms with Gasteiger partial charge in [0.1, 0.15) is 0 Å².